The maximum Gasteiger partial charge on any atom is 0.407 e. The van der Waals surface area contributed by atoms with E-state index in [0.29, 0.717) is 31.9 Å². The van der Waals surface area contributed by atoms with Crippen LogP contribution < -0.4 is 15.4 Å². The highest BCUT2D eigenvalue weighted by atomic mass is 16.5. The quantitative estimate of drug-likeness (QED) is 0.118. The fourth-order valence-corrected chi connectivity index (χ4v) is 8.82. The van der Waals surface area contributed by atoms with Crippen LogP contribution in [-0.2, 0) is 25.7 Å². The highest BCUT2D eigenvalue weighted by molar-refractivity contribution is 6.09. The number of hydrogen-bond acceptors (Lipinski definition) is 8. The predicted molar refractivity (Wildman–Crippen MR) is 220 cm³/mol. The van der Waals surface area contributed by atoms with Gasteiger partial charge in [0.25, 0.3) is 0 Å². The summed E-state index contributed by atoms with van der Waals surface area (Å²) in [4.78, 5) is 72.2. The lowest BCUT2D eigenvalue weighted by atomic mass is 9.92. The van der Waals surface area contributed by atoms with Gasteiger partial charge in [0.05, 0.1) is 42.1 Å². The Morgan fingerprint density at radius 3 is 2.17 bits per heavy atom. The Balaban J connectivity index is 1.03. The molecule has 0 bridgehead atoms. The molecule has 304 valence electrons. The van der Waals surface area contributed by atoms with Crippen LogP contribution in [0.5, 0.6) is 5.75 Å². The summed E-state index contributed by atoms with van der Waals surface area (Å²) in [5.74, 6) is 1.77. The van der Waals surface area contributed by atoms with Crippen molar-refractivity contribution in [2.24, 2.45) is 11.8 Å². The van der Waals surface area contributed by atoms with Gasteiger partial charge >= 0.3 is 6.09 Å². The normalized spacial score (nSPS) is 18.6. The smallest absolute Gasteiger partial charge is 0.407 e. The zero-order valence-electron chi connectivity index (χ0n) is 34.0. The van der Waals surface area contributed by atoms with E-state index in [4.69, 9.17) is 19.4 Å². The van der Waals surface area contributed by atoms with E-state index in [0.717, 1.165) is 87.0 Å². The molecule has 8 rings (SSSR count). The first kappa shape index (κ1) is 38.9. The molecule has 5 heterocycles. The third kappa shape index (κ3) is 7.02. The van der Waals surface area contributed by atoms with E-state index in [2.05, 4.69) is 57.0 Å². The minimum absolute atomic E-state index is 0.0421. The number of alkyl carbamates (subject to hydrolysis) is 1. The van der Waals surface area contributed by atoms with Gasteiger partial charge in [0.15, 0.2) is 0 Å². The van der Waals surface area contributed by atoms with Crippen molar-refractivity contribution < 1.29 is 28.7 Å². The Morgan fingerprint density at radius 2 is 1.50 bits per heavy atom. The zero-order valence-corrected chi connectivity index (χ0v) is 34.0. The monoisotopic (exact) mass is 788 g/mol. The number of ether oxygens (including phenoxy) is 2. The van der Waals surface area contributed by atoms with Gasteiger partial charge in [-0.15, -0.1) is 0 Å². The third-order valence-corrected chi connectivity index (χ3v) is 12.0. The number of H-pyrrole nitrogens is 2. The van der Waals surface area contributed by atoms with Gasteiger partial charge in [-0.25, -0.2) is 14.8 Å². The number of fused-ring (bicyclic) bond motifs is 7. The summed E-state index contributed by atoms with van der Waals surface area (Å²) in [6.45, 7) is 11.1. The fourth-order valence-electron chi connectivity index (χ4n) is 8.82. The number of aromatic amines is 2. The third-order valence-electron chi connectivity index (χ3n) is 12.0. The number of nitrogens with one attached hydrogen (secondary N) is 4. The van der Waals surface area contributed by atoms with Crippen molar-refractivity contribution in [2.75, 3.05) is 20.2 Å². The molecule has 3 aliphatic heterocycles. The molecule has 2 saturated heterocycles. The first-order valence-corrected chi connectivity index (χ1v) is 20.5. The molecular weight excluding hydrogens is 737 g/mol. The highest BCUT2D eigenvalue weighted by Gasteiger charge is 2.39. The number of imidazole rings is 2. The number of nitrogens with zero attached hydrogens (tertiary/aromatic N) is 4. The maximum atomic E-state index is 13.8. The first-order valence-electron chi connectivity index (χ1n) is 20.5. The van der Waals surface area contributed by atoms with Crippen molar-refractivity contribution >= 4 is 45.6 Å². The molecule has 2 aromatic heterocycles. The molecule has 0 aliphatic carbocycles. The van der Waals surface area contributed by atoms with E-state index in [-0.39, 0.29) is 41.6 Å². The standard InChI is InChI=1S/C44H52N8O6/c1-7-35(53)48-36(23(2)3)42(54)52-19-9-11-34(52)41-46-31-17-16-30-28(38(31)49-41)14-15-29-27-13-12-25(20-26(27)22-58-39(29)30)32-21-45-40(47-32)33-10-8-18-51(33)43(55)37(24(4)5)50-44(56)57-6/h12-17,20-21,23-24,33-34,36-37H,7-11,18-19,22H2,1-6H3,(H,45,47)(H,46,49)(H,48,53)(H,50,56)/t33?,34-,36-,37-/m0/s1. The minimum Gasteiger partial charge on any atom is -0.488 e. The molecule has 0 saturated carbocycles. The van der Waals surface area contributed by atoms with Gasteiger partial charge in [0.2, 0.25) is 17.7 Å². The molecule has 0 radical (unpaired) electrons. The summed E-state index contributed by atoms with van der Waals surface area (Å²) in [6, 6.07) is 12.9. The summed E-state index contributed by atoms with van der Waals surface area (Å²) < 4.78 is 11.3. The average molecular weight is 789 g/mol. The second-order valence-electron chi connectivity index (χ2n) is 16.3. The molecular formula is C44H52N8O6. The van der Waals surface area contributed by atoms with E-state index in [1.54, 1.807) is 6.92 Å². The van der Waals surface area contributed by atoms with Gasteiger partial charge in [-0.05, 0) is 78.5 Å². The molecule has 3 aromatic carbocycles. The van der Waals surface area contributed by atoms with Gasteiger partial charge in [-0.3, -0.25) is 14.4 Å². The van der Waals surface area contributed by atoms with Crippen LogP contribution in [0.3, 0.4) is 0 Å². The minimum atomic E-state index is -0.698. The lowest BCUT2D eigenvalue weighted by Gasteiger charge is -2.30. The number of hydrogen-bond donors (Lipinski definition) is 4. The van der Waals surface area contributed by atoms with Gasteiger partial charge in [0.1, 0.15) is 36.1 Å². The van der Waals surface area contributed by atoms with Gasteiger partial charge in [-0.1, -0.05) is 52.8 Å². The summed E-state index contributed by atoms with van der Waals surface area (Å²) >= 11 is 0. The van der Waals surface area contributed by atoms with Crippen molar-refractivity contribution in [3.63, 3.8) is 0 Å². The number of aromatic nitrogens is 4. The fraction of sp³-hybridized carbons (Fsp3) is 0.455. The number of rotatable bonds is 10. The molecule has 0 spiro atoms. The number of carbonyl (C=O) groups is 4. The number of benzene rings is 3. The molecule has 5 aromatic rings. The van der Waals surface area contributed by atoms with Crippen LogP contribution in [0.1, 0.15) is 96.0 Å². The molecule has 3 aliphatic rings. The van der Waals surface area contributed by atoms with Crippen molar-refractivity contribution in [1.82, 2.24) is 40.4 Å². The van der Waals surface area contributed by atoms with Crippen LogP contribution in [0, 0.1) is 11.8 Å². The predicted octanol–water partition coefficient (Wildman–Crippen LogP) is 6.92. The molecule has 14 heteroatoms. The second-order valence-corrected chi connectivity index (χ2v) is 16.3. The molecule has 4 atom stereocenters. The van der Waals surface area contributed by atoms with Crippen molar-refractivity contribution in [1.29, 1.82) is 0 Å². The zero-order chi connectivity index (χ0) is 40.8. The van der Waals surface area contributed by atoms with Crippen LogP contribution in [0.25, 0.3) is 44.2 Å². The molecule has 4 amide bonds. The van der Waals surface area contributed by atoms with Crippen molar-refractivity contribution in [3.8, 4) is 28.1 Å². The highest BCUT2D eigenvalue weighted by Crippen LogP contribution is 2.45. The van der Waals surface area contributed by atoms with E-state index in [1.807, 2.05) is 49.8 Å². The van der Waals surface area contributed by atoms with Gasteiger partial charge < -0.3 is 39.9 Å². The molecule has 4 N–H and O–H groups in total. The van der Waals surface area contributed by atoms with Crippen LogP contribution in [0.4, 0.5) is 4.79 Å². The Kier molecular flexibility index (Phi) is 10.6. The Labute approximate surface area is 337 Å². The van der Waals surface area contributed by atoms with Crippen molar-refractivity contribution in [3.05, 3.63) is 65.9 Å². The molecule has 1 unspecified atom stereocenters. The summed E-state index contributed by atoms with van der Waals surface area (Å²) in [5.41, 5.74) is 6.68. The van der Waals surface area contributed by atoms with Crippen LogP contribution >= 0.6 is 0 Å². The van der Waals surface area contributed by atoms with E-state index in [1.165, 1.54) is 7.11 Å². The maximum absolute atomic E-state index is 13.8. The van der Waals surface area contributed by atoms with Gasteiger partial charge in [0, 0.05) is 35.8 Å². The number of amides is 4. The van der Waals surface area contributed by atoms with E-state index >= 15 is 0 Å². The molecule has 58 heavy (non-hydrogen) atoms. The average Bonchev–Trinajstić information content (AvgIpc) is 4.06. The lowest BCUT2D eigenvalue weighted by molar-refractivity contribution is -0.138. The van der Waals surface area contributed by atoms with Gasteiger partial charge in [-0.2, -0.15) is 0 Å². The molecule has 14 nitrogen and oxygen atoms in total. The topological polar surface area (TPSA) is 175 Å². The summed E-state index contributed by atoms with van der Waals surface area (Å²) in [6.07, 6.45) is 4.78. The molecule has 2 fully saturated rings. The SMILES string of the molecule is CCC(=O)N[C@H](C(=O)N1CCC[C@H]1c1nc2c(ccc3c4c(ccc32)-c2ccc(-c3cnc(C5CCCN5C(=O)[C@@H](NC(=O)OC)C(C)C)[nH]3)cc2CO4)[nH]1)C(C)C. The summed E-state index contributed by atoms with van der Waals surface area (Å²) in [7, 11) is 1.29. The lowest BCUT2D eigenvalue weighted by Crippen LogP contribution is -2.51. The largest absolute Gasteiger partial charge is 0.488 e. The first-order chi connectivity index (χ1) is 28.0. The Morgan fingerprint density at radius 1 is 0.845 bits per heavy atom. The van der Waals surface area contributed by atoms with E-state index < -0.39 is 18.2 Å². The van der Waals surface area contributed by atoms with E-state index in [9.17, 15) is 19.2 Å². The Hall–Kier alpha value is -5.92. The number of carbonyl (C=O) groups excluding carboxylic acids is 4. The number of methoxy groups -OCH3 is 1. The second kappa shape index (κ2) is 15.8. The van der Waals surface area contributed by atoms with Crippen LogP contribution in [0.2, 0.25) is 0 Å². The Bertz CT molecular complexity index is 2400. The van der Waals surface area contributed by atoms with Crippen LogP contribution in [-0.4, -0.2) is 85.8 Å². The number of likely N-dealkylation sites (tertiary alicyclic amines) is 2. The van der Waals surface area contributed by atoms with Crippen molar-refractivity contribution in [2.45, 2.75) is 97.5 Å². The summed E-state index contributed by atoms with van der Waals surface area (Å²) in [5, 5.41) is 7.58. The van der Waals surface area contributed by atoms with Crippen LogP contribution in [0.15, 0.2) is 48.7 Å².